The third-order valence-corrected chi connectivity index (χ3v) is 4.43. The second-order valence-electron chi connectivity index (χ2n) is 6.32. The molecule has 0 N–H and O–H groups in total. The van der Waals surface area contributed by atoms with Gasteiger partial charge in [0.2, 0.25) is 0 Å². The summed E-state index contributed by atoms with van der Waals surface area (Å²) in [6, 6.07) is 17.2. The summed E-state index contributed by atoms with van der Waals surface area (Å²) in [4.78, 5) is 1.94. The summed E-state index contributed by atoms with van der Waals surface area (Å²) in [5.74, 6) is 0. The van der Waals surface area contributed by atoms with Crippen molar-refractivity contribution in [2.45, 2.75) is 6.18 Å². The maximum absolute atomic E-state index is 13.8. The molecule has 6 heteroatoms. The molecule has 3 nitrogen and oxygen atoms in total. The first-order valence-electron chi connectivity index (χ1n) is 8.12. The van der Waals surface area contributed by atoms with Crippen LogP contribution in [0.25, 0.3) is 27.4 Å². The molecule has 0 bridgehead atoms. The lowest BCUT2D eigenvalue weighted by molar-refractivity contribution is -0.141. The Balaban J connectivity index is 2.13. The molecule has 0 fully saturated rings. The Morgan fingerprint density at radius 3 is 2.15 bits per heavy atom. The van der Waals surface area contributed by atoms with Crippen LogP contribution in [0.3, 0.4) is 0 Å². The minimum absolute atomic E-state index is 0.102. The molecule has 3 aromatic carbocycles. The molecule has 132 valence electrons. The van der Waals surface area contributed by atoms with Gasteiger partial charge in [0.25, 0.3) is 0 Å². The molecule has 0 aliphatic heterocycles. The van der Waals surface area contributed by atoms with E-state index in [0.717, 1.165) is 15.8 Å². The second-order valence-corrected chi connectivity index (χ2v) is 6.32. The van der Waals surface area contributed by atoms with Crippen molar-refractivity contribution in [3.8, 4) is 5.69 Å². The van der Waals surface area contributed by atoms with E-state index in [4.69, 9.17) is 0 Å². The van der Waals surface area contributed by atoms with Gasteiger partial charge in [-0.1, -0.05) is 36.4 Å². The quantitative estimate of drug-likeness (QED) is 0.489. The summed E-state index contributed by atoms with van der Waals surface area (Å²) >= 11 is 0. The lowest BCUT2D eigenvalue weighted by Gasteiger charge is -2.15. The zero-order valence-corrected chi connectivity index (χ0v) is 14.2. The van der Waals surface area contributed by atoms with Crippen molar-refractivity contribution in [3.05, 3.63) is 66.4 Å². The maximum Gasteiger partial charge on any atom is 0.434 e. The van der Waals surface area contributed by atoms with Crippen LogP contribution < -0.4 is 4.90 Å². The third kappa shape index (κ3) is 2.49. The van der Waals surface area contributed by atoms with Gasteiger partial charge in [0.15, 0.2) is 5.69 Å². The van der Waals surface area contributed by atoms with E-state index in [1.807, 2.05) is 37.2 Å². The number of nitrogens with zero attached hydrogens (tertiary/aromatic N) is 3. The van der Waals surface area contributed by atoms with E-state index in [1.54, 1.807) is 36.4 Å². The van der Waals surface area contributed by atoms with Crippen molar-refractivity contribution in [1.82, 2.24) is 9.78 Å². The molecule has 0 unspecified atom stereocenters. The first-order valence-corrected chi connectivity index (χ1v) is 8.12. The summed E-state index contributed by atoms with van der Waals surface area (Å²) in [6.45, 7) is 0. The zero-order chi connectivity index (χ0) is 18.5. The molecule has 1 aromatic heterocycles. The molecular formula is C20H16F3N3. The summed E-state index contributed by atoms with van der Waals surface area (Å²) in [5.41, 5.74) is 0.915. The van der Waals surface area contributed by atoms with E-state index >= 15 is 0 Å². The fourth-order valence-corrected chi connectivity index (χ4v) is 3.31. The first-order chi connectivity index (χ1) is 12.4. The molecule has 0 aliphatic rings. The molecule has 0 saturated carbocycles. The van der Waals surface area contributed by atoms with Crippen molar-refractivity contribution in [3.63, 3.8) is 0 Å². The predicted octanol–water partition coefficient (Wildman–Crippen LogP) is 5.26. The largest absolute Gasteiger partial charge is 0.434 e. The van der Waals surface area contributed by atoms with Gasteiger partial charge in [0, 0.05) is 35.9 Å². The number of alkyl halides is 3. The van der Waals surface area contributed by atoms with Crippen molar-refractivity contribution in [2.75, 3.05) is 19.0 Å². The smallest absolute Gasteiger partial charge is 0.377 e. The third-order valence-electron chi connectivity index (χ3n) is 4.43. The molecule has 0 spiro atoms. The summed E-state index contributed by atoms with van der Waals surface area (Å²) < 4.78 is 42.5. The Kier molecular flexibility index (Phi) is 3.64. The number of hydrogen-bond acceptors (Lipinski definition) is 2. The number of benzene rings is 3. The van der Waals surface area contributed by atoms with E-state index in [1.165, 1.54) is 6.07 Å². The Labute approximate surface area is 148 Å². The number of fused-ring (bicyclic) bond motifs is 3. The van der Waals surface area contributed by atoms with E-state index in [0.29, 0.717) is 16.6 Å². The number of rotatable bonds is 2. The van der Waals surface area contributed by atoms with Crippen LogP contribution in [0.5, 0.6) is 0 Å². The number of para-hydroxylation sites is 1. The topological polar surface area (TPSA) is 21.1 Å². The average molecular weight is 355 g/mol. The van der Waals surface area contributed by atoms with Crippen LogP contribution in [0.2, 0.25) is 0 Å². The molecule has 0 saturated heterocycles. The first kappa shape index (κ1) is 16.4. The SMILES string of the molecule is CN(C)c1cccc2c1ccc1c(C(F)(F)F)n(-c3ccccc3)nc12. The second kappa shape index (κ2) is 5.76. The van der Waals surface area contributed by atoms with Crippen molar-refractivity contribution in [1.29, 1.82) is 0 Å². The van der Waals surface area contributed by atoms with Crippen LogP contribution in [-0.2, 0) is 6.18 Å². The fourth-order valence-electron chi connectivity index (χ4n) is 3.31. The standard InChI is InChI=1S/C20H16F3N3/c1-25(2)17-10-6-9-15-14(17)11-12-16-18(15)24-26(19(16)20(21,22)23)13-7-4-3-5-8-13/h3-12H,1-2H3. The molecule has 0 atom stereocenters. The molecule has 26 heavy (non-hydrogen) atoms. The molecular weight excluding hydrogens is 339 g/mol. The molecule has 4 aromatic rings. The van der Waals surface area contributed by atoms with Crippen molar-refractivity contribution in [2.24, 2.45) is 0 Å². The monoisotopic (exact) mass is 355 g/mol. The highest BCUT2D eigenvalue weighted by molar-refractivity contribution is 6.10. The highest BCUT2D eigenvalue weighted by atomic mass is 19.4. The van der Waals surface area contributed by atoms with Gasteiger partial charge in [-0.2, -0.15) is 18.3 Å². The highest BCUT2D eigenvalue weighted by Crippen LogP contribution is 2.39. The fraction of sp³-hybridized carbons (Fsp3) is 0.150. The lowest BCUT2D eigenvalue weighted by Crippen LogP contribution is -2.13. The van der Waals surface area contributed by atoms with Gasteiger partial charge in [-0.05, 0) is 24.3 Å². The predicted molar refractivity (Wildman–Crippen MR) is 97.9 cm³/mol. The normalized spacial score (nSPS) is 12.0. The Morgan fingerprint density at radius 2 is 1.50 bits per heavy atom. The van der Waals surface area contributed by atoms with E-state index in [2.05, 4.69) is 5.10 Å². The minimum Gasteiger partial charge on any atom is -0.377 e. The Morgan fingerprint density at radius 1 is 0.808 bits per heavy atom. The number of anilines is 1. The van der Waals surface area contributed by atoms with Gasteiger partial charge in [0.1, 0.15) is 5.52 Å². The van der Waals surface area contributed by atoms with Crippen LogP contribution in [0.15, 0.2) is 60.7 Å². The number of halogens is 3. The van der Waals surface area contributed by atoms with Crippen LogP contribution in [0.1, 0.15) is 5.69 Å². The number of aromatic nitrogens is 2. The van der Waals surface area contributed by atoms with Gasteiger partial charge >= 0.3 is 6.18 Å². The molecule has 4 rings (SSSR count). The van der Waals surface area contributed by atoms with E-state index in [9.17, 15) is 13.2 Å². The van der Waals surface area contributed by atoms with Gasteiger partial charge in [-0.25, -0.2) is 4.68 Å². The summed E-state index contributed by atoms with van der Waals surface area (Å²) in [5, 5.41) is 6.03. The van der Waals surface area contributed by atoms with Crippen molar-refractivity contribution < 1.29 is 13.2 Å². The summed E-state index contributed by atoms with van der Waals surface area (Å²) in [7, 11) is 3.81. The van der Waals surface area contributed by atoms with Crippen LogP contribution >= 0.6 is 0 Å². The van der Waals surface area contributed by atoms with Crippen LogP contribution in [-0.4, -0.2) is 23.9 Å². The molecule has 0 aliphatic carbocycles. The maximum atomic E-state index is 13.8. The lowest BCUT2D eigenvalue weighted by atomic mass is 10.0. The van der Waals surface area contributed by atoms with E-state index in [-0.39, 0.29) is 5.39 Å². The Bertz CT molecular complexity index is 1100. The molecule has 1 heterocycles. The molecule has 0 radical (unpaired) electrons. The van der Waals surface area contributed by atoms with Gasteiger partial charge in [0.05, 0.1) is 5.69 Å². The van der Waals surface area contributed by atoms with Crippen LogP contribution in [0, 0.1) is 0 Å². The highest BCUT2D eigenvalue weighted by Gasteiger charge is 2.38. The Hall–Kier alpha value is -3.02. The summed E-state index contributed by atoms with van der Waals surface area (Å²) in [6.07, 6.45) is -4.52. The molecule has 0 amide bonds. The van der Waals surface area contributed by atoms with E-state index < -0.39 is 11.9 Å². The minimum atomic E-state index is -4.52. The van der Waals surface area contributed by atoms with Crippen LogP contribution in [0.4, 0.5) is 18.9 Å². The zero-order valence-electron chi connectivity index (χ0n) is 14.2. The van der Waals surface area contributed by atoms with Gasteiger partial charge in [-0.15, -0.1) is 0 Å². The van der Waals surface area contributed by atoms with Gasteiger partial charge in [-0.3, -0.25) is 0 Å². The van der Waals surface area contributed by atoms with Crippen molar-refractivity contribution >= 4 is 27.4 Å². The number of hydrogen-bond donors (Lipinski definition) is 0. The average Bonchev–Trinajstić information content (AvgIpc) is 3.02. The van der Waals surface area contributed by atoms with Gasteiger partial charge < -0.3 is 4.90 Å².